The molecule has 3 aliphatic heterocycles. The van der Waals surface area contributed by atoms with Gasteiger partial charge in [-0.2, -0.15) is 0 Å². The van der Waals surface area contributed by atoms with Crippen LogP contribution in [0.4, 0.5) is 5.69 Å². The summed E-state index contributed by atoms with van der Waals surface area (Å²) in [6.07, 6.45) is 3.83. The van der Waals surface area contributed by atoms with E-state index in [9.17, 15) is 14.4 Å². The Labute approximate surface area is 348 Å². The molecule has 60 heavy (non-hydrogen) atoms. The van der Waals surface area contributed by atoms with E-state index in [2.05, 4.69) is 35.8 Å². The van der Waals surface area contributed by atoms with Crippen molar-refractivity contribution in [3.05, 3.63) is 134 Å². The van der Waals surface area contributed by atoms with Gasteiger partial charge in [-0.1, -0.05) is 62.3 Å². The molecule has 4 aliphatic rings. The molecule has 1 fully saturated rings. The molecule has 0 saturated carbocycles. The maximum Gasteiger partial charge on any atom is 0.355 e. The van der Waals surface area contributed by atoms with E-state index in [4.69, 9.17) is 33.3 Å². The van der Waals surface area contributed by atoms with E-state index < -0.39 is 14.3 Å². The molecule has 3 heterocycles. The number of carbonyl (C=O) groups excluding carboxylic acids is 2. The minimum atomic E-state index is -1.99. The first kappa shape index (κ1) is 41.7. The molecule has 0 aromatic heterocycles. The number of hydrogen-bond donors (Lipinski definition) is 0. The number of nitrogens with zero attached hydrogens (tertiary/aromatic N) is 5. The lowest BCUT2D eigenvalue weighted by Gasteiger charge is -2.48. The second-order valence-corrected chi connectivity index (χ2v) is 19.6. The summed E-state index contributed by atoms with van der Waals surface area (Å²) in [5, 5.41) is 3.58. The predicted octanol–water partition coefficient (Wildman–Crippen LogP) is 9.40. The molecule has 7 rings (SSSR count). The van der Waals surface area contributed by atoms with E-state index in [1.54, 1.807) is 60.5 Å². The summed E-state index contributed by atoms with van der Waals surface area (Å²) in [5.74, 6) is 0.887. The lowest BCUT2D eigenvalue weighted by Crippen LogP contribution is -2.63. The molecule has 3 aromatic carbocycles. The van der Waals surface area contributed by atoms with E-state index in [0.717, 1.165) is 23.7 Å². The van der Waals surface area contributed by atoms with Crippen molar-refractivity contribution in [2.75, 3.05) is 13.7 Å². The van der Waals surface area contributed by atoms with Crippen LogP contribution >= 0.6 is 0 Å². The topological polar surface area (TPSA) is 175 Å². The highest BCUT2D eigenvalue weighted by atomic mass is 28.4. The summed E-state index contributed by atoms with van der Waals surface area (Å²) in [5.41, 5.74) is 13.2. The molecule has 0 spiro atoms. The van der Waals surface area contributed by atoms with Gasteiger partial charge in [0.15, 0.2) is 36.6 Å². The molecule has 1 amide bonds. The fraction of sp³-hybridized carbons (Fsp3) is 0.333. The smallest absolute Gasteiger partial charge is 0.355 e. The second kappa shape index (κ2) is 18.2. The Morgan fingerprint density at radius 2 is 1.73 bits per heavy atom. The molecule has 0 N–H and O–H groups in total. The van der Waals surface area contributed by atoms with Gasteiger partial charge in [-0.3, -0.25) is 9.59 Å². The molecule has 0 unspecified atom stereocenters. The van der Waals surface area contributed by atoms with Crippen molar-refractivity contribution in [3.63, 3.8) is 0 Å². The van der Waals surface area contributed by atoms with Crippen LogP contribution < -0.4 is 19.6 Å². The summed E-state index contributed by atoms with van der Waals surface area (Å²) in [6.45, 7) is 8.85. The second-order valence-electron chi connectivity index (χ2n) is 14.8. The molecular weight excluding hydrogens is 783 g/mol. The Balaban J connectivity index is 1.02. The SMILES string of the molecule is CC[Si](CC)(CC)O[C@H](C)[C@H]1C(=O)N2C(C(=O)OCc3ccc(N=[N+]=[N-])cc3)=C(/C=C/COc3ccc(COc4ccc5nc6ccc(=O)cc-6oc5c4)cc3OC)C[C@H]12. The highest BCUT2D eigenvalue weighted by Gasteiger charge is 2.57. The van der Waals surface area contributed by atoms with Crippen LogP contribution in [0.3, 0.4) is 0 Å². The van der Waals surface area contributed by atoms with Crippen molar-refractivity contribution in [1.29, 1.82) is 0 Å². The van der Waals surface area contributed by atoms with Crippen LogP contribution in [0, 0.1) is 5.92 Å². The maximum absolute atomic E-state index is 13.8. The van der Waals surface area contributed by atoms with Crippen molar-refractivity contribution in [1.82, 2.24) is 9.88 Å². The van der Waals surface area contributed by atoms with Crippen molar-refractivity contribution < 1.29 is 37.4 Å². The van der Waals surface area contributed by atoms with Crippen LogP contribution in [0.25, 0.3) is 33.0 Å². The van der Waals surface area contributed by atoms with Crippen LogP contribution in [0.15, 0.2) is 117 Å². The number of ether oxygens (including phenoxy) is 4. The maximum atomic E-state index is 13.8. The molecule has 3 atom stereocenters. The standard InChI is InChI=1S/C45H47N5O9Si/c1-6-60(7-2,8-3)59-28(4)42-37-23-31(43(50(37)44(42)52)45(53)57-26-29-11-14-32(15-12-29)48-49-46)10-9-21-55-38-20-13-30(22-41(38)54-5)27-56-34-17-19-36-40(25-34)58-39-24-33(51)16-18-35(39)47-36/h9-20,22,24-25,28,37,42H,6-8,21,23,26-27H2,1-5H3/b10-9+/t28-,37-,42-/m1/s1. The van der Waals surface area contributed by atoms with Gasteiger partial charge in [0.2, 0.25) is 5.91 Å². The number of fused-ring (bicyclic) bond motifs is 3. The van der Waals surface area contributed by atoms with E-state index in [-0.39, 0.29) is 54.9 Å². The number of hydrogen-bond acceptors (Lipinski definition) is 11. The highest BCUT2D eigenvalue weighted by molar-refractivity contribution is 6.73. The molecule has 3 aromatic rings. The lowest BCUT2D eigenvalue weighted by molar-refractivity contribution is -0.162. The van der Waals surface area contributed by atoms with Gasteiger partial charge in [-0.25, -0.2) is 9.78 Å². The zero-order valence-electron chi connectivity index (χ0n) is 34.3. The van der Waals surface area contributed by atoms with Crippen molar-refractivity contribution in [2.24, 2.45) is 11.0 Å². The zero-order chi connectivity index (χ0) is 42.4. The van der Waals surface area contributed by atoms with Gasteiger partial charge in [0.1, 0.15) is 42.5 Å². The largest absolute Gasteiger partial charge is 0.493 e. The fourth-order valence-electron chi connectivity index (χ4n) is 7.91. The van der Waals surface area contributed by atoms with Gasteiger partial charge in [0, 0.05) is 22.7 Å². The Kier molecular flexibility index (Phi) is 12.7. The van der Waals surface area contributed by atoms with Crippen LogP contribution in [0.2, 0.25) is 18.1 Å². The molecular formula is C45H47N5O9Si. The van der Waals surface area contributed by atoms with Gasteiger partial charge < -0.3 is 32.7 Å². The van der Waals surface area contributed by atoms with Crippen molar-refractivity contribution >= 4 is 37.0 Å². The Morgan fingerprint density at radius 1 is 0.967 bits per heavy atom. The first-order valence-electron chi connectivity index (χ1n) is 20.1. The van der Waals surface area contributed by atoms with Gasteiger partial charge >= 0.3 is 5.97 Å². The molecule has 15 heteroatoms. The number of methoxy groups -OCH3 is 1. The first-order chi connectivity index (χ1) is 29.1. The third-order valence-electron chi connectivity index (χ3n) is 11.4. The number of carbonyl (C=O) groups is 2. The van der Waals surface area contributed by atoms with Gasteiger partial charge in [-0.15, -0.1) is 0 Å². The first-order valence-corrected chi connectivity index (χ1v) is 22.6. The van der Waals surface area contributed by atoms with Crippen LogP contribution in [0.5, 0.6) is 17.2 Å². The number of β-lactam (4-membered cyclic amide) rings is 1. The number of esters is 1. The van der Waals surface area contributed by atoms with Crippen LogP contribution in [-0.4, -0.2) is 55.9 Å². The molecule has 0 bridgehead atoms. The minimum absolute atomic E-state index is 0.0235. The lowest BCUT2D eigenvalue weighted by atomic mass is 9.83. The molecule has 1 saturated heterocycles. The third-order valence-corrected chi connectivity index (χ3v) is 16.1. The summed E-state index contributed by atoms with van der Waals surface area (Å²) < 4.78 is 36.2. The normalized spacial score (nSPS) is 16.8. The van der Waals surface area contributed by atoms with Gasteiger partial charge in [-0.05, 0) is 96.2 Å². The summed E-state index contributed by atoms with van der Waals surface area (Å²) >= 11 is 0. The number of benzene rings is 4. The Bertz CT molecular complexity index is 2520. The van der Waals surface area contributed by atoms with Gasteiger partial charge in [0.05, 0.1) is 25.2 Å². The van der Waals surface area contributed by atoms with E-state index in [0.29, 0.717) is 63.0 Å². The Morgan fingerprint density at radius 3 is 2.47 bits per heavy atom. The average molecular weight is 830 g/mol. The van der Waals surface area contributed by atoms with E-state index in [1.165, 1.54) is 12.1 Å². The highest BCUT2D eigenvalue weighted by Crippen LogP contribution is 2.46. The summed E-state index contributed by atoms with van der Waals surface area (Å²) in [4.78, 5) is 48.3. The summed E-state index contributed by atoms with van der Waals surface area (Å²) in [7, 11) is -0.427. The van der Waals surface area contributed by atoms with Gasteiger partial charge in [0.25, 0.3) is 0 Å². The number of aromatic nitrogens is 1. The van der Waals surface area contributed by atoms with E-state index >= 15 is 0 Å². The monoisotopic (exact) mass is 829 g/mol. The van der Waals surface area contributed by atoms with Crippen LogP contribution in [-0.2, 0) is 32.0 Å². The number of azide groups is 1. The third kappa shape index (κ3) is 8.78. The quantitative estimate of drug-likeness (QED) is 0.0157. The zero-order valence-corrected chi connectivity index (χ0v) is 35.3. The fourth-order valence-corrected chi connectivity index (χ4v) is 10.8. The average Bonchev–Trinajstić information content (AvgIpc) is 3.59. The number of allylic oxidation sites excluding steroid dienone is 1. The molecule has 1 aliphatic carbocycles. The molecule has 14 nitrogen and oxygen atoms in total. The predicted molar refractivity (Wildman–Crippen MR) is 227 cm³/mol. The molecule has 0 radical (unpaired) electrons. The van der Waals surface area contributed by atoms with Crippen LogP contribution in [0.1, 0.15) is 45.2 Å². The van der Waals surface area contributed by atoms with Crippen molar-refractivity contribution in [2.45, 2.75) is 77.6 Å². The van der Waals surface area contributed by atoms with Crippen molar-refractivity contribution in [3.8, 4) is 28.7 Å². The number of rotatable bonds is 18. The minimum Gasteiger partial charge on any atom is -0.493 e. The summed E-state index contributed by atoms with van der Waals surface area (Å²) in [6, 6.07) is 24.8. The Hall–Kier alpha value is -6.41. The molecule has 310 valence electrons. The number of amides is 1. The van der Waals surface area contributed by atoms with E-state index in [1.807, 2.05) is 37.3 Å².